The van der Waals surface area contributed by atoms with Crippen LogP contribution in [0.5, 0.6) is 34.5 Å². The minimum atomic E-state index is -1.45. The van der Waals surface area contributed by atoms with Crippen LogP contribution in [0.25, 0.3) is 45.3 Å². The van der Waals surface area contributed by atoms with Crippen LogP contribution >= 0.6 is 27.0 Å². The largest absolute Gasteiger partial charge is 0.505 e. The zero-order chi connectivity index (χ0) is 64.0. The molecule has 1 aromatic heterocycles. The highest BCUT2D eigenvalue weighted by Gasteiger charge is 2.30. The maximum Gasteiger partial charge on any atom is 0.326 e. The Kier molecular flexibility index (Phi) is 20.4. The number of hydrogen-bond donors (Lipinski definition) is 16. The summed E-state index contributed by atoms with van der Waals surface area (Å²) in [5, 5.41) is 126. The monoisotopic (exact) mass is 1290 g/mol. The Balaban J connectivity index is 0.00000588. The van der Waals surface area contributed by atoms with Crippen LogP contribution in [0.2, 0.25) is 0 Å². The van der Waals surface area contributed by atoms with Gasteiger partial charge in [-0.2, -0.15) is 46.9 Å². The van der Waals surface area contributed by atoms with Crippen LogP contribution in [0.4, 0.5) is 34.6 Å². The van der Waals surface area contributed by atoms with Crippen molar-refractivity contribution in [1.82, 2.24) is 50.5 Å². The average molecular weight is 1290 g/mol. The zero-order valence-electron chi connectivity index (χ0n) is 45.9. The molecule has 2 unspecified atom stereocenters. The third kappa shape index (κ3) is 15.1. The summed E-state index contributed by atoms with van der Waals surface area (Å²) in [5.41, 5.74) is -5.75. The highest BCUT2D eigenvalue weighted by molar-refractivity contribution is 7.59. The van der Waals surface area contributed by atoms with Gasteiger partial charge in [0.05, 0.1) is 24.5 Å². The number of anilines is 2. The molecule has 0 saturated heterocycles. The number of hydrogen-bond acceptors (Lipinski definition) is 28. The lowest BCUT2D eigenvalue weighted by Gasteiger charge is -2.14. The first-order valence-electron chi connectivity index (χ1n) is 25.5. The van der Waals surface area contributed by atoms with Crippen molar-refractivity contribution in [1.29, 1.82) is 0 Å². The van der Waals surface area contributed by atoms with Gasteiger partial charge in [0, 0.05) is 53.3 Å². The minimum Gasteiger partial charge on any atom is -0.505 e. The number of aromatic nitrogens is 8. The van der Waals surface area contributed by atoms with Crippen molar-refractivity contribution in [2.75, 3.05) is 10.6 Å². The summed E-state index contributed by atoms with van der Waals surface area (Å²) in [6.45, 7) is -0.0432. The Hall–Kier alpha value is -12.4. The molecule has 9 rings (SSSR count). The number of aliphatic carboxylic acids is 4. The Morgan fingerprint density at radius 1 is 0.527 bits per heavy atom. The molecule has 470 valence electrons. The van der Waals surface area contributed by atoms with Crippen LogP contribution in [0.3, 0.4) is 0 Å². The summed E-state index contributed by atoms with van der Waals surface area (Å²) < 4.78 is 5.78. The van der Waals surface area contributed by atoms with Gasteiger partial charge in [-0.3, -0.25) is 33.6 Å². The van der Waals surface area contributed by atoms with E-state index in [9.17, 15) is 84.0 Å². The molecular weight excluding hydrogens is 1240 g/mol. The average Bonchev–Trinajstić information content (AvgIpc) is 0.756. The Morgan fingerprint density at radius 3 is 1.37 bits per heavy atom. The first kappa shape index (κ1) is 66.2. The van der Waals surface area contributed by atoms with Crippen LogP contribution < -0.4 is 37.8 Å². The molecule has 2 atom stereocenters. The minimum absolute atomic E-state index is 0. The molecule has 4 aliphatic heterocycles. The Morgan fingerprint density at radius 2 is 0.956 bits per heavy atom. The van der Waals surface area contributed by atoms with Crippen molar-refractivity contribution >= 4 is 108 Å². The van der Waals surface area contributed by atoms with E-state index in [0.717, 1.165) is 12.1 Å². The van der Waals surface area contributed by atoms with E-state index in [-0.39, 0.29) is 98.5 Å². The standard InChI is InChI=1S/C53H42N16O20.2H2S/c70-28-13-21(14-29(71)37(28)76)42-41(80)39(78)32-38(77)33(66-68-52-62-44-35(48(83)64-52)58-24(17-56-44)15-54-22-5-1-19(2-6-22)46(81)60-26(50(85)86)9-11-30(72)73)40(79)34(43(32)89-42)67-69-53-63-45-36(49(84)65-53)59-25(18-57-45)16-55-23-7-3-20(4-8-23)47(82)61-27(51(87)88)10-12-31(74)75;;/h1-8,13-14,17-18,26-27,54-55,70-71,76-77,79-80H,9-12,15-16H2,(H,60,81)(H,61,82)(H,72,73)(H,74,75)(H,85,86)(H,87,88)(H,56,62,64,83)(H,57,63,65,84);2*1H2. The van der Waals surface area contributed by atoms with Crippen molar-refractivity contribution < 1.29 is 84.2 Å². The van der Waals surface area contributed by atoms with Gasteiger partial charge in [0.1, 0.15) is 17.5 Å². The number of carbonyl (C=O) groups is 6. The number of amides is 2. The summed E-state index contributed by atoms with van der Waals surface area (Å²) in [4.78, 5) is 141. The number of nitrogens with zero attached hydrogens (tertiary/aromatic N) is 10. The lowest BCUT2D eigenvalue weighted by Crippen LogP contribution is -2.41. The van der Waals surface area contributed by atoms with Crippen molar-refractivity contribution in [2.24, 2.45) is 20.5 Å². The second kappa shape index (κ2) is 28.0. The van der Waals surface area contributed by atoms with Gasteiger partial charge in [0.25, 0.3) is 23.7 Å². The van der Waals surface area contributed by atoms with E-state index in [1.807, 2.05) is 0 Å². The smallest absolute Gasteiger partial charge is 0.326 e. The maximum atomic E-state index is 14.0. The van der Waals surface area contributed by atoms with Gasteiger partial charge in [-0.15, -0.1) is 20.5 Å². The highest BCUT2D eigenvalue weighted by Crippen LogP contribution is 2.52. The summed E-state index contributed by atoms with van der Waals surface area (Å²) in [7, 11) is 0. The molecule has 5 aromatic rings. The fourth-order valence-corrected chi connectivity index (χ4v) is 8.24. The third-order valence-corrected chi connectivity index (χ3v) is 12.7. The van der Waals surface area contributed by atoms with E-state index in [1.165, 1.54) is 60.9 Å². The number of azo groups is 2. The Labute approximate surface area is 518 Å². The topological polar surface area (TPSA) is 576 Å². The quantitative estimate of drug-likeness (QED) is 0.0317. The van der Waals surface area contributed by atoms with Crippen molar-refractivity contribution in [3.63, 3.8) is 0 Å². The van der Waals surface area contributed by atoms with Gasteiger partial charge >= 0.3 is 35.0 Å². The first-order valence-corrected chi connectivity index (χ1v) is 25.5. The molecule has 0 fully saturated rings. The molecule has 5 heterocycles. The van der Waals surface area contributed by atoms with Gasteiger partial charge in [-0.05, 0) is 73.5 Å². The van der Waals surface area contributed by atoms with Crippen molar-refractivity contribution in [3.8, 4) is 68.9 Å². The number of fused-ring (bicyclic) bond motifs is 3. The summed E-state index contributed by atoms with van der Waals surface area (Å²) in [5.74, 6) is -16.0. The van der Waals surface area contributed by atoms with Crippen LogP contribution in [0, 0.1) is 0 Å². The van der Waals surface area contributed by atoms with Gasteiger partial charge in [-0.25, -0.2) is 19.6 Å². The molecule has 16 N–H and O–H groups in total. The van der Waals surface area contributed by atoms with E-state index in [2.05, 4.69) is 81.6 Å². The van der Waals surface area contributed by atoms with Crippen LogP contribution in [0.1, 0.15) is 57.8 Å². The summed E-state index contributed by atoms with van der Waals surface area (Å²) in [6, 6.07) is 10.1. The SMILES string of the molecule is O=C(O)CCC(NC(=O)c1ccc(NCc2c[nH]c3nc(N=Nc4c(O)c(N=Nc5nc6[nH]cc(CNc7ccc(C(=O)NC(CCC(=O)O)C(=O)O)cc7)nc-6c(=O)n5)c5oc(-c6cc(O)c(O)c(O)c6)c(O)c(=O)c5c4O)nc(=O)c-3n2)cc1)C(=O)O.S.S. The summed E-state index contributed by atoms with van der Waals surface area (Å²) >= 11 is 0. The molecular formula is C53H46N16O20S2. The summed E-state index contributed by atoms with van der Waals surface area (Å²) in [6.07, 6.45) is 1.05. The Bertz CT molecular complexity index is 4500. The van der Waals surface area contributed by atoms with E-state index >= 15 is 0 Å². The van der Waals surface area contributed by atoms with Gasteiger partial charge in [-0.1, -0.05) is 0 Å². The lowest BCUT2D eigenvalue weighted by atomic mass is 10.1. The molecule has 0 saturated carbocycles. The number of carbonyl (C=O) groups excluding carboxylic acids is 2. The van der Waals surface area contributed by atoms with Crippen LogP contribution in [-0.4, -0.2) is 139 Å². The van der Waals surface area contributed by atoms with Gasteiger partial charge in [0.15, 0.2) is 74.5 Å². The van der Waals surface area contributed by atoms with E-state index in [0.29, 0.717) is 11.4 Å². The number of rotatable bonds is 23. The molecule has 4 aliphatic rings. The molecule has 91 heavy (non-hydrogen) atoms. The number of carboxylic acid groups (broad SMARTS) is 4. The van der Waals surface area contributed by atoms with E-state index in [1.54, 1.807) is 0 Å². The molecule has 0 bridgehead atoms. The third-order valence-electron chi connectivity index (χ3n) is 12.7. The molecule has 4 aromatic carbocycles. The van der Waals surface area contributed by atoms with Crippen LogP contribution in [-0.2, 0) is 32.3 Å². The normalized spacial score (nSPS) is 11.8. The number of benzene rings is 4. The molecule has 0 radical (unpaired) electrons. The lowest BCUT2D eigenvalue weighted by molar-refractivity contribution is -0.142. The van der Waals surface area contributed by atoms with E-state index in [4.69, 9.17) is 14.6 Å². The van der Waals surface area contributed by atoms with Crippen molar-refractivity contribution in [2.45, 2.75) is 50.9 Å². The fraction of sp³-hybridized carbons (Fsp3) is 0.151. The number of phenols is 5. The van der Waals surface area contributed by atoms with Crippen molar-refractivity contribution in [3.05, 3.63) is 127 Å². The molecule has 2 amide bonds. The molecule has 36 nitrogen and oxygen atoms in total. The first-order chi connectivity index (χ1) is 42.4. The molecule has 0 spiro atoms. The number of H-pyrrole nitrogens is 2. The predicted molar refractivity (Wildman–Crippen MR) is 320 cm³/mol. The number of aromatic amines is 2. The van der Waals surface area contributed by atoms with Gasteiger partial charge < -0.3 is 86.7 Å². The van der Waals surface area contributed by atoms with Crippen LogP contribution in [0.15, 0.2) is 112 Å². The predicted octanol–water partition coefficient (Wildman–Crippen LogP) is 4.03. The zero-order valence-corrected chi connectivity index (χ0v) is 47.9. The molecule has 0 aliphatic carbocycles. The second-order valence-electron chi connectivity index (χ2n) is 18.8. The van der Waals surface area contributed by atoms with E-state index < -0.39 is 157 Å². The number of carboxylic acids is 4. The second-order valence-corrected chi connectivity index (χ2v) is 18.8. The van der Waals surface area contributed by atoms with Gasteiger partial charge in [0.2, 0.25) is 11.2 Å². The number of nitrogens with one attached hydrogen (secondary N) is 6. The fourth-order valence-electron chi connectivity index (χ4n) is 8.24. The number of aromatic hydroxyl groups is 6. The maximum absolute atomic E-state index is 14.0. The molecule has 38 heteroatoms. The highest BCUT2D eigenvalue weighted by atomic mass is 32.1. The number of phenolic OH excluding ortho intramolecular Hbond substituents is 5.